The number of aryl methyl sites for hydroxylation is 1. The van der Waals surface area contributed by atoms with Gasteiger partial charge in [-0.25, -0.2) is 4.98 Å². The first-order valence-corrected chi connectivity index (χ1v) is 7.64. The van der Waals surface area contributed by atoms with Gasteiger partial charge < -0.3 is 10.2 Å². The zero-order chi connectivity index (χ0) is 13.1. The fourth-order valence-corrected chi connectivity index (χ4v) is 3.30. The van der Waals surface area contributed by atoms with Gasteiger partial charge >= 0.3 is 0 Å². The summed E-state index contributed by atoms with van der Waals surface area (Å²) in [5.74, 6) is 2.99. The molecule has 4 nitrogen and oxygen atoms in total. The molecule has 5 heteroatoms. The lowest BCUT2D eigenvalue weighted by atomic mass is 10.2. The first-order chi connectivity index (χ1) is 8.63. The second kappa shape index (κ2) is 5.78. The Morgan fingerprint density at radius 3 is 3.00 bits per heavy atom. The summed E-state index contributed by atoms with van der Waals surface area (Å²) in [6.45, 7) is 10.6. The van der Waals surface area contributed by atoms with Gasteiger partial charge in [-0.3, -0.25) is 0 Å². The van der Waals surface area contributed by atoms with Crippen LogP contribution < -0.4 is 10.2 Å². The predicted molar refractivity (Wildman–Crippen MR) is 79.7 cm³/mol. The zero-order valence-electron chi connectivity index (χ0n) is 11.6. The van der Waals surface area contributed by atoms with Crippen LogP contribution in [0.1, 0.15) is 26.3 Å². The molecule has 0 bridgehead atoms. The van der Waals surface area contributed by atoms with E-state index in [-0.39, 0.29) is 0 Å². The van der Waals surface area contributed by atoms with Crippen molar-refractivity contribution in [3.63, 3.8) is 0 Å². The molecule has 0 amide bonds. The van der Waals surface area contributed by atoms with Gasteiger partial charge in [-0.1, -0.05) is 6.92 Å². The quantitative estimate of drug-likeness (QED) is 0.910. The largest absolute Gasteiger partial charge is 0.354 e. The van der Waals surface area contributed by atoms with E-state index in [1.165, 1.54) is 5.75 Å². The molecule has 1 aliphatic rings. The van der Waals surface area contributed by atoms with Crippen molar-refractivity contribution in [1.82, 2.24) is 9.97 Å². The Morgan fingerprint density at radius 2 is 2.28 bits per heavy atom. The maximum Gasteiger partial charge on any atom is 0.224 e. The van der Waals surface area contributed by atoms with Gasteiger partial charge in [0.25, 0.3) is 0 Å². The maximum atomic E-state index is 4.66. The highest BCUT2D eigenvalue weighted by Crippen LogP contribution is 2.29. The van der Waals surface area contributed by atoms with Gasteiger partial charge in [0.15, 0.2) is 0 Å². The lowest BCUT2D eigenvalue weighted by molar-refractivity contribution is 0.618. The molecular weight excluding hydrogens is 244 g/mol. The molecule has 1 aliphatic heterocycles. The Hall–Kier alpha value is -0.970. The van der Waals surface area contributed by atoms with Crippen molar-refractivity contribution < 1.29 is 0 Å². The van der Waals surface area contributed by atoms with Crippen LogP contribution in [0.2, 0.25) is 0 Å². The topological polar surface area (TPSA) is 41.1 Å². The number of aromatic nitrogens is 2. The van der Waals surface area contributed by atoms with Crippen LogP contribution in [0.25, 0.3) is 0 Å². The molecule has 2 heterocycles. The van der Waals surface area contributed by atoms with Crippen LogP contribution in [-0.4, -0.2) is 40.1 Å². The average Bonchev–Trinajstić information content (AvgIpc) is 2.36. The number of hydrogen-bond acceptors (Lipinski definition) is 5. The smallest absolute Gasteiger partial charge is 0.224 e. The molecular formula is C13H22N4S. The number of nitrogens with one attached hydrogen (secondary N) is 1. The van der Waals surface area contributed by atoms with Gasteiger partial charge in [0.2, 0.25) is 5.95 Å². The molecule has 2 atom stereocenters. The molecule has 1 aromatic rings. The normalized spacial score (nSPS) is 24.1. The molecule has 18 heavy (non-hydrogen) atoms. The van der Waals surface area contributed by atoms with E-state index < -0.39 is 0 Å². The van der Waals surface area contributed by atoms with Crippen molar-refractivity contribution in [3.8, 4) is 0 Å². The number of nitrogens with zero attached hydrogens (tertiary/aromatic N) is 3. The van der Waals surface area contributed by atoms with Crippen molar-refractivity contribution in [2.24, 2.45) is 0 Å². The highest BCUT2D eigenvalue weighted by atomic mass is 32.2. The Bertz CT molecular complexity index is 410. The number of hydrogen-bond donors (Lipinski definition) is 1. The van der Waals surface area contributed by atoms with Gasteiger partial charge in [0.1, 0.15) is 5.82 Å². The summed E-state index contributed by atoms with van der Waals surface area (Å²) in [6.07, 6.45) is 1.92. The minimum absolute atomic E-state index is 0.520. The highest BCUT2D eigenvalue weighted by Gasteiger charge is 2.27. The molecule has 1 saturated heterocycles. The molecule has 0 aromatic carbocycles. The predicted octanol–water partition coefficient (Wildman–Crippen LogP) is 2.55. The van der Waals surface area contributed by atoms with E-state index in [1.807, 2.05) is 18.0 Å². The number of thioether (sulfide) groups is 1. The van der Waals surface area contributed by atoms with Crippen LogP contribution in [-0.2, 0) is 0 Å². The summed E-state index contributed by atoms with van der Waals surface area (Å²) < 4.78 is 0. The molecule has 1 fully saturated rings. The van der Waals surface area contributed by atoms with Gasteiger partial charge in [-0.05, 0) is 20.8 Å². The van der Waals surface area contributed by atoms with Crippen LogP contribution in [0.5, 0.6) is 0 Å². The Labute approximate surface area is 114 Å². The molecule has 0 spiro atoms. The third-order valence-electron chi connectivity index (χ3n) is 3.44. The molecule has 100 valence electrons. The summed E-state index contributed by atoms with van der Waals surface area (Å²) in [5.41, 5.74) is 1.16. The Morgan fingerprint density at radius 1 is 1.50 bits per heavy atom. The minimum atomic E-state index is 0.520. The molecule has 0 radical (unpaired) electrons. The standard InChI is InChI=1S/C13H22N4S/c1-5-14-13-15-8-9(2)12(16-13)17-6-7-18-11(4)10(17)3/h8,10-11H,5-7H2,1-4H3,(H,14,15,16). The van der Waals surface area contributed by atoms with Crippen molar-refractivity contribution in [2.75, 3.05) is 29.1 Å². The third kappa shape index (κ3) is 2.71. The van der Waals surface area contributed by atoms with Crippen LogP contribution in [0, 0.1) is 6.92 Å². The first-order valence-electron chi connectivity index (χ1n) is 6.59. The molecule has 1 aromatic heterocycles. The summed E-state index contributed by atoms with van der Waals surface area (Å²) in [4.78, 5) is 11.4. The maximum absolute atomic E-state index is 4.66. The van der Waals surface area contributed by atoms with E-state index in [0.717, 1.165) is 30.4 Å². The van der Waals surface area contributed by atoms with Gasteiger partial charge in [-0.2, -0.15) is 16.7 Å². The van der Waals surface area contributed by atoms with E-state index in [4.69, 9.17) is 0 Å². The van der Waals surface area contributed by atoms with Crippen molar-refractivity contribution in [2.45, 2.75) is 39.0 Å². The van der Waals surface area contributed by atoms with Crippen molar-refractivity contribution in [3.05, 3.63) is 11.8 Å². The van der Waals surface area contributed by atoms with Crippen molar-refractivity contribution >= 4 is 23.5 Å². The number of rotatable bonds is 3. The van der Waals surface area contributed by atoms with Crippen LogP contribution >= 0.6 is 11.8 Å². The van der Waals surface area contributed by atoms with Gasteiger partial charge in [-0.15, -0.1) is 0 Å². The van der Waals surface area contributed by atoms with Gasteiger partial charge in [0.05, 0.1) is 0 Å². The van der Waals surface area contributed by atoms with E-state index in [0.29, 0.717) is 11.3 Å². The van der Waals surface area contributed by atoms with Crippen molar-refractivity contribution in [1.29, 1.82) is 0 Å². The average molecular weight is 266 g/mol. The summed E-state index contributed by atoms with van der Waals surface area (Å²) in [5, 5.41) is 3.83. The Balaban J connectivity index is 2.27. The molecule has 2 unspecified atom stereocenters. The first kappa shape index (κ1) is 13.5. The second-order valence-electron chi connectivity index (χ2n) is 4.74. The van der Waals surface area contributed by atoms with Crippen LogP contribution in [0.3, 0.4) is 0 Å². The summed E-state index contributed by atoms with van der Waals surface area (Å²) in [6, 6.07) is 0.520. The van der Waals surface area contributed by atoms with Gasteiger partial charge in [0, 0.05) is 41.9 Å². The molecule has 0 aliphatic carbocycles. The van der Waals surface area contributed by atoms with E-state index in [9.17, 15) is 0 Å². The highest BCUT2D eigenvalue weighted by molar-refractivity contribution is 8.00. The fraction of sp³-hybridized carbons (Fsp3) is 0.692. The number of anilines is 2. The molecule has 1 N–H and O–H groups in total. The van der Waals surface area contributed by atoms with Crippen LogP contribution in [0.15, 0.2) is 6.20 Å². The van der Waals surface area contributed by atoms with Crippen LogP contribution in [0.4, 0.5) is 11.8 Å². The lowest BCUT2D eigenvalue weighted by Gasteiger charge is -2.39. The van der Waals surface area contributed by atoms with E-state index >= 15 is 0 Å². The molecule has 2 rings (SSSR count). The summed E-state index contributed by atoms with van der Waals surface area (Å²) >= 11 is 2.04. The van der Waals surface area contributed by atoms with E-state index in [2.05, 4.69) is 47.9 Å². The molecule has 0 saturated carbocycles. The minimum Gasteiger partial charge on any atom is -0.354 e. The fourth-order valence-electron chi connectivity index (χ4n) is 2.20. The zero-order valence-corrected chi connectivity index (χ0v) is 12.4. The lowest BCUT2D eigenvalue weighted by Crippen LogP contribution is -2.45. The third-order valence-corrected chi connectivity index (χ3v) is 4.77. The monoisotopic (exact) mass is 266 g/mol. The summed E-state index contributed by atoms with van der Waals surface area (Å²) in [7, 11) is 0. The SMILES string of the molecule is CCNc1ncc(C)c(N2CCSC(C)C2C)n1. The second-order valence-corrected chi connectivity index (χ2v) is 6.23. The Kier molecular flexibility index (Phi) is 4.32. The van der Waals surface area contributed by atoms with E-state index in [1.54, 1.807) is 0 Å².